The normalized spacial score (nSPS) is 16.1. The van der Waals surface area contributed by atoms with E-state index >= 15 is 0 Å². The Morgan fingerprint density at radius 1 is 1.12 bits per heavy atom. The fourth-order valence-electron chi connectivity index (χ4n) is 4.48. The summed E-state index contributed by atoms with van der Waals surface area (Å²) in [5, 5.41) is 33.0. The van der Waals surface area contributed by atoms with Gasteiger partial charge in [-0.3, -0.25) is 0 Å². The maximum Gasteiger partial charge on any atom is 0.173 e. The number of nitrogens with zero attached hydrogens (tertiary/aromatic N) is 5. The lowest BCUT2D eigenvalue weighted by Gasteiger charge is -2.35. The Morgan fingerprint density at radius 2 is 1.97 bits per heavy atom. The van der Waals surface area contributed by atoms with Gasteiger partial charge in [0.2, 0.25) is 0 Å². The van der Waals surface area contributed by atoms with E-state index in [0.29, 0.717) is 16.8 Å². The molecule has 7 nitrogen and oxygen atoms in total. The highest BCUT2D eigenvalue weighted by Crippen LogP contribution is 2.35. The van der Waals surface area contributed by atoms with Crippen molar-refractivity contribution in [2.75, 3.05) is 23.3 Å². The molecule has 2 N–H and O–H groups in total. The van der Waals surface area contributed by atoms with E-state index in [1.54, 1.807) is 12.1 Å². The minimum absolute atomic E-state index is 0.0231. The lowest BCUT2D eigenvalue weighted by molar-refractivity contribution is 0.477. The van der Waals surface area contributed by atoms with Crippen LogP contribution in [0.2, 0.25) is 0 Å². The molecule has 1 aliphatic heterocycles. The number of aromatic nitrogens is 3. The molecule has 0 amide bonds. The van der Waals surface area contributed by atoms with Crippen LogP contribution < -0.4 is 10.2 Å². The van der Waals surface area contributed by atoms with E-state index in [0.717, 1.165) is 42.7 Å². The zero-order chi connectivity index (χ0) is 22.1. The molecule has 7 heteroatoms. The van der Waals surface area contributed by atoms with Gasteiger partial charge in [0.05, 0.1) is 17.1 Å². The summed E-state index contributed by atoms with van der Waals surface area (Å²) in [5.74, 6) is 0.763. The molecule has 1 saturated heterocycles. The highest BCUT2D eigenvalue weighted by atomic mass is 16.3. The zero-order valence-electron chi connectivity index (χ0n) is 17.9. The standard InChI is InChI=1S/C25H24N6O/c1-30-13-11-21-23(20-10-9-17(15-26)14-22(20)32)28-29-25(24(21)30)27-18-6-5-12-31(16-18)19-7-3-2-4-8-19/h2-4,7-11,13-14,18,32H,5-6,12,16H2,1H3,(H,27,29)/t18-/m1/s1. The van der Waals surface area contributed by atoms with Crippen LogP contribution in [0.25, 0.3) is 22.2 Å². The third-order valence-electron chi connectivity index (χ3n) is 6.07. The first-order valence-corrected chi connectivity index (χ1v) is 10.8. The van der Waals surface area contributed by atoms with Crippen LogP contribution in [0.5, 0.6) is 5.75 Å². The first-order valence-electron chi connectivity index (χ1n) is 10.8. The molecule has 2 aromatic carbocycles. The van der Waals surface area contributed by atoms with Gasteiger partial charge in [-0.2, -0.15) is 5.26 Å². The molecular weight excluding hydrogens is 400 g/mol. The number of fused-ring (bicyclic) bond motifs is 1. The Labute approximate surface area is 186 Å². The van der Waals surface area contributed by atoms with E-state index in [4.69, 9.17) is 5.26 Å². The highest BCUT2D eigenvalue weighted by Gasteiger charge is 2.23. The van der Waals surface area contributed by atoms with Crippen molar-refractivity contribution in [3.8, 4) is 23.1 Å². The molecule has 2 aromatic heterocycles. The fraction of sp³-hybridized carbons (Fsp3) is 0.240. The van der Waals surface area contributed by atoms with Crippen LogP contribution in [0.15, 0.2) is 60.8 Å². The molecule has 1 fully saturated rings. The van der Waals surface area contributed by atoms with E-state index in [-0.39, 0.29) is 11.8 Å². The van der Waals surface area contributed by atoms with E-state index in [9.17, 15) is 5.11 Å². The first-order chi connectivity index (χ1) is 15.6. The second-order valence-electron chi connectivity index (χ2n) is 8.19. The van der Waals surface area contributed by atoms with Crippen molar-refractivity contribution in [1.82, 2.24) is 14.8 Å². The first kappa shape index (κ1) is 19.9. The molecule has 5 rings (SSSR count). The van der Waals surface area contributed by atoms with Crippen molar-refractivity contribution in [3.05, 3.63) is 66.4 Å². The van der Waals surface area contributed by atoms with Gasteiger partial charge in [0.25, 0.3) is 0 Å². The molecule has 32 heavy (non-hydrogen) atoms. The van der Waals surface area contributed by atoms with Crippen LogP contribution in [-0.2, 0) is 7.05 Å². The smallest absolute Gasteiger partial charge is 0.173 e. The number of nitriles is 1. The van der Waals surface area contributed by atoms with Gasteiger partial charge in [-0.25, -0.2) is 0 Å². The van der Waals surface area contributed by atoms with Crippen LogP contribution in [0, 0.1) is 11.3 Å². The molecule has 0 spiro atoms. The second kappa shape index (κ2) is 8.23. The molecular formula is C25H24N6O. The van der Waals surface area contributed by atoms with Crippen molar-refractivity contribution in [2.24, 2.45) is 7.05 Å². The average molecular weight is 425 g/mol. The summed E-state index contributed by atoms with van der Waals surface area (Å²) in [6.45, 7) is 1.94. The summed E-state index contributed by atoms with van der Waals surface area (Å²) in [5.41, 5.74) is 3.74. The molecule has 1 aliphatic rings. The maximum atomic E-state index is 10.5. The number of anilines is 2. The van der Waals surface area contributed by atoms with Crippen molar-refractivity contribution in [1.29, 1.82) is 5.26 Å². The number of phenolic OH excluding ortho intramolecular Hbond substituents is 1. The molecule has 160 valence electrons. The number of hydrogen-bond acceptors (Lipinski definition) is 6. The predicted octanol–water partition coefficient (Wildman–Crippen LogP) is 4.29. The third kappa shape index (κ3) is 3.60. The number of phenols is 1. The largest absolute Gasteiger partial charge is 0.507 e. The SMILES string of the molecule is Cn1ccc2c(-c3ccc(C#N)cc3O)nnc(N[C@@H]3CCCN(c4ccccc4)C3)c21. The summed E-state index contributed by atoms with van der Waals surface area (Å²) in [6.07, 6.45) is 4.14. The fourth-order valence-corrected chi connectivity index (χ4v) is 4.48. The van der Waals surface area contributed by atoms with Crippen molar-refractivity contribution in [3.63, 3.8) is 0 Å². The van der Waals surface area contributed by atoms with Gasteiger partial charge in [0, 0.05) is 49.0 Å². The van der Waals surface area contributed by atoms with E-state index < -0.39 is 0 Å². The number of aryl methyl sites for hydroxylation is 1. The summed E-state index contributed by atoms with van der Waals surface area (Å²) < 4.78 is 2.02. The molecule has 0 radical (unpaired) electrons. The highest BCUT2D eigenvalue weighted by molar-refractivity contribution is 5.99. The van der Waals surface area contributed by atoms with E-state index in [1.165, 1.54) is 11.8 Å². The van der Waals surface area contributed by atoms with Crippen LogP contribution >= 0.6 is 0 Å². The summed E-state index contributed by atoms with van der Waals surface area (Å²) >= 11 is 0. The molecule has 1 atom stereocenters. The van der Waals surface area contributed by atoms with Gasteiger partial charge in [-0.05, 0) is 49.2 Å². The lowest BCUT2D eigenvalue weighted by atomic mass is 10.0. The van der Waals surface area contributed by atoms with E-state index in [1.807, 2.05) is 36.0 Å². The summed E-state index contributed by atoms with van der Waals surface area (Å²) in [4.78, 5) is 2.40. The molecule has 0 aliphatic carbocycles. The molecule has 3 heterocycles. The number of piperidine rings is 1. The lowest BCUT2D eigenvalue weighted by Crippen LogP contribution is -2.42. The Morgan fingerprint density at radius 3 is 2.75 bits per heavy atom. The number of aromatic hydroxyl groups is 1. The Balaban J connectivity index is 1.47. The van der Waals surface area contributed by atoms with Gasteiger partial charge in [-0.15, -0.1) is 10.2 Å². The van der Waals surface area contributed by atoms with Crippen LogP contribution in [0.4, 0.5) is 11.5 Å². The van der Waals surface area contributed by atoms with Crippen LogP contribution in [0.1, 0.15) is 18.4 Å². The van der Waals surface area contributed by atoms with Crippen molar-refractivity contribution >= 4 is 22.4 Å². The molecule has 0 bridgehead atoms. The zero-order valence-corrected chi connectivity index (χ0v) is 17.9. The maximum absolute atomic E-state index is 10.5. The molecule has 0 unspecified atom stereocenters. The number of para-hydroxylation sites is 1. The van der Waals surface area contributed by atoms with Crippen LogP contribution in [0.3, 0.4) is 0 Å². The van der Waals surface area contributed by atoms with Gasteiger partial charge >= 0.3 is 0 Å². The Bertz CT molecular complexity index is 1310. The summed E-state index contributed by atoms with van der Waals surface area (Å²) in [7, 11) is 1.98. The monoisotopic (exact) mass is 424 g/mol. The van der Waals surface area contributed by atoms with Gasteiger partial charge in [-0.1, -0.05) is 18.2 Å². The quantitative estimate of drug-likeness (QED) is 0.508. The topological polar surface area (TPSA) is 90.0 Å². The van der Waals surface area contributed by atoms with Gasteiger partial charge in [0.15, 0.2) is 5.82 Å². The van der Waals surface area contributed by atoms with E-state index in [2.05, 4.69) is 44.7 Å². The van der Waals surface area contributed by atoms with Crippen molar-refractivity contribution in [2.45, 2.75) is 18.9 Å². The number of nitrogens with one attached hydrogen (secondary N) is 1. The van der Waals surface area contributed by atoms with Crippen LogP contribution in [-0.4, -0.2) is 39.0 Å². The van der Waals surface area contributed by atoms with Gasteiger partial charge < -0.3 is 19.9 Å². The minimum atomic E-state index is 0.0231. The average Bonchev–Trinajstić information content (AvgIpc) is 3.22. The molecule has 0 saturated carbocycles. The third-order valence-corrected chi connectivity index (χ3v) is 6.07. The van der Waals surface area contributed by atoms with Crippen molar-refractivity contribution < 1.29 is 5.11 Å². The summed E-state index contributed by atoms with van der Waals surface area (Å²) in [6, 6.07) is 19.6. The Hall–Kier alpha value is -4.05. The van der Waals surface area contributed by atoms with Gasteiger partial charge in [0.1, 0.15) is 11.4 Å². The number of hydrogen-bond donors (Lipinski definition) is 2. The Kier molecular flexibility index (Phi) is 5.12. The number of rotatable bonds is 4. The minimum Gasteiger partial charge on any atom is -0.507 e. The molecule has 4 aromatic rings. The number of benzene rings is 2. The predicted molar refractivity (Wildman–Crippen MR) is 126 cm³/mol. The second-order valence-corrected chi connectivity index (χ2v) is 8.19.